The molecule has 0 radical (unpaired) electrons. The number of halogens is 1. The Morgan fingerprint density at radius 3 is 2.43 bits per heavy atom. The molecule has 1 aromatic carbocycles. The van der Waals surface area contributed by atoms with Crippen LogP contribution in [0.2, 0.25) is 0 Å². The van der Waals surface area contributed by atoms with Crippen LogP contribution in [-0.2, 0) is 0 Å². The van der Waals surface area contributed by atoms with Crippen molar-refractivity contribution < 1.29 is 9.18 Å². The molecule has 0 aromatic heterocycles. The molecule has 14 heavy (non-hydrogen) atoms. The van der Waals surface area contributed by atoms with Crippen LogP contribution in [0.1, 0.15) is 24.2 Å². The molecule has 0 saturated heterocycles. The second-order valence-electron chi connectivity index (χ2n) is 3.77. The van der Waals surface area contributed by atoms with Crippen LogP contribution in [0.4, 0.5) is 4.39 Å². The van der Waals surface area contributed by atoms with Gasteiger partial charge in [0.1, 0.15) is 5.67 Å². The van der Waals surface area contributed by atoms with Crippen molar-refractivity contribution in [2.24, 2.45) is 0 Å². The molecular weight excluding hydrogens is 181 g/mol. The van der Waals surface area contributed by atoms with Crippen molar-refractivity contribution in [3.63, 3.8) is 0 Å². The summed E-state index contributed by atoms with van der Waals surface area (Å²) in [7, 11) is 0. The number of alkyl halides is 1. The fourth-order valence-electron chi connectivity index (χ4n) is 0.982. The average molecular weight is 195 g/mol. The minimum absolute atomic E-state index is 0.0285. The number of hydrogen-bond donors (Lipinski definition) is 1. The molecule has 1 N–H and O–H groups in total. The number of nitrogens with one attached hydrogen (secondary N) is 1. The summed E-state index contributed by atoms with van der Waals surface area (Å²) in [5.41, 5.74) is -0.818. The van der Waals surface area contributed by atoms with E-state index < -0.39 is 5.67 Å². The minimum atomic E-state index is -1.37. The van der Waals surface area contributed by atoms with Crippen LogP contribution < -0.4 is 5.32 Å². The highest BCUT2D eigenvalue weighted by molar-refractivity contribution is 5.94. The lowest BCUT2D eigenvalue weighted by Gasteiger charge is -2.14. The number of benzene rings is 1. The topological polar surface area (TPSA) is 29.1 Å². The number of amides is 1. The monoisotopic (exact) mass is 195 g/mol. The van der Waals surface area contributed by atoms with Crippen molar-refractivity contribution in [2.45, 2.75) is 19.5 Å². The van der Waals surface area contributed by atoms with Gasteiger partial charge in [0.2, 0.25) is 0 Å². The third-order valence-corrected chi connectivity index (χ3v) is 1.71. The zero-order chi connectivity index (χ0) is 10.6. The van der Waals surface area contributed by atoms with Crippen LogP contribution in [0.25, 0.3) is 0 Å². The summed E-state index contributed by atoms with van der Waals surface area (Å²) in [5, 5.41) is 2.52. The normalized spacial score (nSPS) is 11.1. The average Bonchev–Trinajstić information content (AvgIpc) is 2.14. The maximum Gasteiger partial charge on any atom is 0.251 e. The first-order chi connectivity index (χ1) is 6.49. The number of carbonyl (C=O) groups is 1. The predicted octanol–water partition coefficient (Wildman–Crippen LogP) is 2.16. The first-order valence-corrected chi connectivity index (χ1v) is 4.51. The first-order valence-electron chi connectivity index (χ1n) is 4.51. The highest BCUT2D eigenvalue weighted by atomic mass is 19.1. The molecule has 0 aliphatic rings. The van der Waals surface area contributed by atoms with Gasteiger partial charge in [0.05, 0.1) is 6.54 Å². The lowest BCUT2D eigenvalue weighted by Crippen LogP contribution is -2.35. The van der Waals surface area contributed by atoms with E-state index in [1.54, 1.807) is 24.3 Å². The summed E-state index contributed by atoms with van der Waals surface area (Å²) in [4.78, 5) is 11.4. The van der Waals surface area contributed by atoms with E-state index in [0.29, 0.717) is 5.56 Å². The van der Waals surface area contributed by atoms with E-state index in [1.807, 2.05) is 6.07 Å². The van der Waals surface area contributed by atoms with Crippen molar-refractivity contribution in [1.29, 1.82) is 0 Å². The predicted molar refractivity (Wildman–Crippen MR) is 54.0 cm³/mol. The Labute approximate surface area is 83.1 Å². The molecule has 1 amide bonds. The molecule has 1 aromatic rings. The van der Waals surface area contributed by atoms with E-state index in [0.717, 1.165) is 0 Å². The van der Waals surface area contributed by atoms with E-state index in [4.69, 9.17) is 0 Å². The zero-order valence-corrected chi connectivity index (χ0v) is 8.38. The fourth-order valence-corrected chi connectivity index (χ4v) is 0.982. The van der Waals surface area contributed by atoms with Crippen LogP contribution in [0.5, 0.6) is 0 Å². The van der Waals surface area contributed by atoms with Gasteiger partial charge in [0, 0.05) is 5.56 Å². The Morgan fingerprint density at radius 1 is 1.36 bits per heavy atom. The fraction of sp³-hybridized carbons (Fsp3) is 0.364. The van der Waals surface area contributed by atoms with Crippen molar-refractivity contribution in [3.05, 3.63) is 35.9 Å². The van der Waals surface area contributed by atoms with Crippen LogP contribution in [-0.4, -0.2) is 18.1 Å². The molecule has 2 nitrogen and oxygen atoms in total. The Morgan fingerprint density at radius 2 is 1.93 bits per heavy atom. The minimum Gasteiger partial charge on any atom is -0.349 e. The third kappa shape index (κ3) is 3.56. The maximum atomic E-state index is 13.1. The largest absolute Gasteiger partial charge is 0.349 e. The highest BCUT2D eigenvalue weighted by Gasteiger charge is 2.16. The van der Waals surface area contributed by atoms with Crippen LogP contribution >= 0.6 is 0 Å². The van der Waals surface area contributed by atoms with E-state index in [-0.39, 0.29) is 12.5 Å². The van der Waals surface area contributed by atoms with Gasteiger partial charge in [-0.3, -0.25) is 4.79 Å². The molecule has 0 fully saturated rings. The smallest absolute Gasteiger partial charge is 0.251 e. The molecule has 0 aliphatic carbocycles. The van der Waals surface area contributed by atoms with Gasteiger partial charge in [-0.05, 0) is 26.0 Å². The maximum absolute atomic E-state index is 13.1. The third-order valence-electron chi connectivity index (χ3n) is 1.71. The number of rotatable bonds is 3. The summed E-state index contributed by atoms with van der Waals surface area (Å²) in [6.45, 7) is 2.89. The van der Waals surface area contributed by atoms with Gasteiger partial charge < -0.3 is 5.32 Å². The van der Waals surface area contributed by atoms with Crippen molar-refractivity contribution in [3.8, 4) is 0 Å². The SMILES string of the molecule is CC(C)(F)CNC(=O)c1ccccc1. The Bertz CT molecular complexity index is 303. The van der Waals surface area contributed by atoms with Gasteiger partial charge in [-0.25, -0.2) is 4.39 Å². The van der Waals surface area contributed by atoms with Gasteiger partial charge in [-0.2, -0.15) is 0 Å². The Kier molecular flexibility index (Phi) is 3.23. The Hall–Kier alpha value is -1.38. The van der Waals surface area contributed by atoms with E-state index in [9.17, 15) is 9.18 Å². The summed E-state index contributed by atoms with van der Waals surface area (Å²) < 4.78 is 13.1. The van der Waals surface area contributed by atoms with Crippen LogP contribution in [0.3, 0.4) is 0 Å². The Balaban J connectivity index is 2.52. The lowest BCUT2D eigenvalue weighted by atomic mass is 10.1. The quantitative estimate of drug-likeness (QED) is 0.786. The molecule has 3 heteroatoms. The van der Waals surface area contributed by atoms with Crippen molar-refractivity contribution in [2.75, 3.05) is 6.54 Å². The van der Waals surface area contributed by atoms with Crippen molar-refractivity contribution in [1.82, 2.24) is 5.32 Å². The molecule has 76 valence electrons. The van der Waals surface area contributed by atoms with E-state index >= 15 is 0 Å². The zero-order valence-electron chi connectivity index (χ0n) is 8.38. The molecular formula is C11H14FNO. The molecule has 1 rings (SSSR count). The second kappa shape index (κ2) is 4.22. The van der Waals surface area contributed by atoms with Gasteiger partial charge >= 0.3 is 0 Å². The highest BCUT2D eigenvalue weighted by Crippen LogP contribution is 2.06. The van der Waals surface area contributed by atoms with Crippen LogP contribution in [0, 0.1) is 0 Å². The summed E-state index contributed by atoms with van der Waals surface area (Å²) in [6, 6.07) is 8.77. The molecule has 0 atom stereocenters. The van der Waals surface area contributed by atoms with Gasteiger partial charge in [0.15, 0.2) is 0 Å². The summed E-state index contributed by atoms with van der Waals surface area (Å²) in [5.74, 6) is -0.240. The van der Waals surface area contributed by atoms with Crippen LogP contribution in [0.15, 0.2) is 30.3 Å². The van der Waals surface area contributed by atoms with E-state index in [1.165, 1.54) is 13.8 Å². The molecule has 0 unspecified atom stereocenters. The van der Waals surface area contributed by atoms with Gasteiger partial charge in [-0.15, -0.1) is 0 Å². The molecule has 0 aliphatic heterocycles. The first kappa shape index (κ1) is 10.7. The van der Waals surface area contributed by atoms with E-state index in [2.05, 4.69) is 5.32 Å². The number of hydrogen-bond acceptors (Lipinski definition) is 1. The summed E-state index contributed by atoms with van der Waals surface area (Å²) >= 11 is 0. The number of carbonyl (C=O) groups excluding carboxylic acids is 1. The van der Waals surface area contributed by atoms with Gasteiger partial charge in [-0.1, -0.05) is 18.2 Å². The molecule has 0 heterocycles. The lowest BCUT2D eigenvalue weighted by molar-refractivity contribution is 0.0920. The standard InChI is InChI=1S/C11H14FNO/c1-11(2,12)8-13-10(14)9-6-4-3-5-7-9/h3-7H,8H2,1-2H3,(H,13,14). The summed E-state index contributed by atoms with van der Waals surface area (Å²) in [6.07, 6.45) is 0. The molecule has 0 spiro atoms. The molecule has 0 bridgehead atoms. The van der Waals surface area contributed by atoms with Crippen molar-refractivity contribution >= 4 is 5.91 Å². The van der Waals surface area contributed by atoms with Gasteiger partial charge in [0.25, 0.3) is 5.91 Å². The molecule has 0 saturated carbocycles. The second-order valence-corrected chi connectivity index (χ2v) is 3.77.